The number of alkyl carbamates (subject to hydrolysis) is 1. The first kappa shape index (κ1) is 28.4. The number of carbonyl (C=O) groups is 1. The van der Waals surface area contributed by atoms with E-state index in [4.69, 9.17) is 4.74 Å². The maximum absolute atomic E-state index is 13.0. The topological polar surface area (TPSA) is 84.9 Å². The molecule has 1 aliphatic rings. The summed E-state index contributed by atoms with van der Waals surface area (Å²) in [7, 11) is -5.99. The second-order valence-electron chi connectivity index (χ2n) is 9.35. The fraction of sp³-hybridized carbons (Fsp3) is 0.435. The van der Waals surface area contributed by atoms with Crippen LogP contribution in [0, 0.1) is 5.92 Å². The van der Waals surface area contributed by atoms with E-state index in [1.807, 2.05) is 0 Å². The monoisotopic (exact) mass is 554 g/mol. The molecule has 1 heterocycles. The molecule has 1 atom stereocenters. The zero-order chi connectivity index (χ0) is 27.8. The predicted molar refractivity (Wildman–Crippen MR) is 122 cm³/mol. The number of amides is 1. The first-order valence-corrected chi connectivity index (χ1v) is 12.3. The number of anilines is 2. The van der Waals surface area contributed by atoms with Gasteiger partial charge >= 0.3 is 27.9 Å². The summed E-state index contributed by atoms with van der Waals surface area (Å²) < 4.78 is 111. The normalized spacial score (nSPS) is 16.7. The highest BCUT2D eigenvalue weighted by Crippen LogP contribution is 2.42. The number of halogens is 6. The van der Waals surface area contributed by atoms with Crippen LogP contribution >= 0.6 is 0 Å². The van der Waals surface area contributed by atoms with Crippen molar-refractivity contribution in [3.8, 4) is 5.75 Å². The number of benzene rings is 2. The van der Waals surface area contributed by atoms with Crippen LogP contribution in [-0.2, 0) is 27.5 Å². The van der Waals surface area contributed by atoms with Gasteiger partial charge in [0.15, 0.2) is 0 Å². The van der Waals surface area contributed by atoms with Gasteiger partial charge in [0.2, 0.25) is 0 Å². The molecule has 0 aromatic heterocycles. The molecule has 3 rings (SSSR count). The summed E-state index contributed by atoms with van der Waals surface area (Å²) in [4.78, 5) is 13.6. The van der Waals surface area contributed by atoms with Gasteiger partial charge in [0.1, 0.15) is 11.4 Å². The molecule has 0 bridgehead atoms. The van der Waals surface area contributed by atoms with Crippen LogP contribution in [0.5, 0.6) is 5.75 Å². The van der Waals surface area contributed by atoms with Crippen LogP contribution in [0.25, 0.3) is 0 Å². The lowest BCUT2D eigenvalue weighted by atomic mass is 9.91. The quantitative estimate of drug-likeness (QED) is 0.287. The van der Waals surface area contributed by atoms with Crippen LogP contribution in [0.1, 0.15) is 31.9 Å². The number of alkyl halides is 6. The molecule has 2 aromatic carbocycles. The summed E-state index contributed by atoms with van der Waals surface area (Å²) in [5, 5.41) is 2.56. The molecule has 14 heteroatoms. The summed E-state index contributed by atoms with van der Waals surface area (Å²) in [6.07, 6.45) is -5.32. The lowest BCUT2D eigenvalue weighted by Gasteiger charge is -2.37. The van der Waals surface area contributed by atoms with Gasteiger partial charge in [-0.3, -0.25) is 0 Å². The lowest BCUT2D eigenvalue weighted by Crippen LogP contribution is -2.41. The Hall–Kier alpha value is -3.16. The summed E-state index contributed by atoms with van der Waals surface area (Å²) >= 11 is 0. The van der Waals surface area contributed by atoms with Crippen LogP contribution in [0.4, 0.5) is 42.5 Å². The summed E-state index contributed by atoms with van der Waals surface area (Å²) in [6.45, 7) is 5.08. The van der Waals surface area contributed by atoms with Crippen molar-refractivity contribution in [3.05, 3.63) is 53.6 Å². The third kappa shape index (κ3) is 6.99. The minimum absolute atomic E-state index is 0.00577. The third-order valence-corrected chi connectivity index (χ3v) is 6.22. The molecule has 7 nitrogen and oxygen atoms in total. The predicted octanol–water partition coefficient (Wildman–Crippen LogP) is 5.77. The van der Waals surface area contributed by atoms with E-state index in [0.717, 1.165) is 18.2 Å². The number of nitrogens with zero attached hydrogens (tertiary/aromatic N) is 1. The van der Waals surface area contributed by atoms with Gasteiger partial charge in [-0.1, -0.05) is 6.07 Å². The van der Waals surface area contributed by atoms with Crippen molar-refractivity contribution in [1.82, 2.24) is 5.32 Å². The van der Waals surface area contributed by atoms with Crippen molar-refractivity contribution < 1.29 is 48.5 Å². The van der Waals surface area contributed by atoms with Crippen molar-refractivity contribution in [2.24, 2.45) is 5.92 Å². The Labute approximate surface area is 209 Å². The fourth-order valence-corrected chi connectivity index (χ4v) is 4.21. The maximum Gasteiger partial charge on any atom is 0.534 e. The van der Waals surface area contributed by atoms with Crippen molar-refractivity contribution in [2.45, 2.75) is 44.5 Å². The second kappa shape index (κ2) is 9.95. The summed E-state index contributed by atoms with van der Waals surface area (Å²) in [5.41, 5.74) is -6.75. The van der Waals surface area contributed by atoms with E-state index >= 15 is 0 Å². The third-order valence-electron chi connectivity index (χ3n) is 5.26. The number of fused-ring (bicyclic) bond motifs is 1. The highest BCUT2D eigenvalue weighted by atomic mass is 32.2. The molecule has 2 aromatic rings. The Morgan fingerprint density at radius 1 is 1.03 bits per heavy atom. The van der Waals surface area contributed by atoms with E-state index in [-0.39, 0.29) is 36.4 Å². The van der Waals surface area contributed by atoms with Crippen molar-refractivity contribution >= 4 is 27.6 Å². The van der Waals surface area contributed by atoms with Gasteiger partial charge < -0.3 is 19.1 Å². The fourth-order valence-electron chi connectivity index (χ4n) is 3.72. The molecule has 1 N–H and O–H groups in total. The van der Waals surface area contributed by atoms with Crippen molar-refractivity contribution in [2.75, 3.05) is 18.0 Å². The van der Waals surface area contributed by atoms with E-state index in [0.29, 0.717) is 0 Å². The number of carbonyl (C=O) groups excluding carboxylic acids is 1. The maximum atomic E-state index is 13.0. The molecule has 0 aliphatic carbocycles. The number of rotatable bonds is 5. The average Bonchev–Trinajstić information content (AvgIpc) is 2.75. The molecule has 1 amide bonds. The molecule has 0 saturated carbocycles. The Morgan fingerprint density at radius 2 is 1.65 bits per heavy atom. The molecule has 1 unspecified atom stereocenters. The van der Waals surface area contributed by atoms with Gasteiger partial charge in [-0.2, -0.15) is 34.8 Å². The molecular weight excluding hydrogens is 530 g/mol. The Kier molecular flexibility index (Phi) is 7.64. The molecule has 0 fully saturated rings. The van der Waals surface area contributed by atoms with E-state index in [1.54, 1.807) is 20.8 Å². The standard InChI is InChI=1S/C23H24F6N2O5S/c1-21(2,3)35-20(32)30-12-14-11-17-18(5-4-6-19(17)36-37(33,34)23(27,28)29)31(13-14)16-9-7-15(8-10-16)22(24,25)26/h4-10,14H,11-13H2,1-3H3,(H,30,32). The van der Waals surface area contributed by atoms with Crippen LogP contribution in [0.15, 0.2) is 42.5 Å². The highest BCUT2D eigenvalue weighted by Gasteiger charge is 2.49. The first-order valence-electron chi connectivity index (χ1n) is 10.9. The number of hydrogen-bond donors (Lipinski definition) is 1. The average molecular weight is 555 g/mol. The Morgan fingerprint density at radius 3 is 2.19 bits per heavy atom. The van der Waals surface area contributed by atoms with E-state index in [9.17, 15) is 39.6 Å². The summed E-state index contributed by atoms with van der Waals surface area (Å²) in [6, 6.07) is 7.90. The van der Waals surface area contributed by atoms with Crippen LogP contribution < -0.4 is 14.4 Å². The van der Waals surface area contributed by atoms with Gasteiger partial charge in [0.25, 0.3) is 0 Å². The van der Waals surface area contributed by atoms with E-state index in [1.165, 1.54) is 29.2 Å². The molecule has 0 saturated heterocycles. The lowest BCUT2D eigenvalue weighted by molar-refractivity contribution is -0.137. The first-order chi connectivity index (χ1) is 16.9. The van der Waals surface area contributed by atoms with E-state index < -0.39 is 50.7 Å². The van der Waals surface area contributed by atoms with Gasteiger partial charge in [-0.15, -0.1) is 0 Å². The smallest absolute Gasteiger partial charge is 0.444 e. The number of hydrogen-bond acceptors (Lipinski definition) is 6. The van der Waals surface area contributed by atoms with Gasteiger partial charge in [0, 0.05) is 30.0 Å². The SMILES string of the molecule is CC(C)(C)OC(=O)NCC1Cc2c(OS(=O)(=O)C(F)(F)F)cccc2N(c2ccc(C(F)(F)F)cc2)C1. The molecule has 1 aliphatic heterocycles. The van der Waals surface area contributed by atoms with Crippen molar-refractivity contribution in [3.63, 3.8) is 0 Å². The van der Waals surface area contributed by atoms with Crippen molar-refractivity contribution in [1.29, 1.82) is 0 Å². The largest absolute Gasteiger partial charge is 0.534 e. The number of ether oxygens (including phenoxy) is 1. The Balaban J connectivity index is 1.98. The minimum Gasteiger partial charge on any atom is -0.444 e. The van der Waals surface area contributed by atoms with Crippen LogP contribution in [-0.4, -0.2) is 38.7 Å². The van der Waals surface area contributed by atoms with Gasteiger partial charge in [-0.05, 0) is 69.5 Å². The zero-order valence-electron chi connectivity index (χ0n) is 19.9. The van der Waals surface area contributed by atoms with Gasteiger partial charge in [0.05, 0.1) is 5.56 Å². The minimum atomic E-state index is -5.99. The van der Waals surface area contributed by atoms with Crippen LogP contribution in [0.3, 0.4) is 0 Å². The van der Waals surface area contributed by atoms with E-state index in [2.05, 4.69) is 9.50 Å². The molecule has 0 spiro atoms. The molecule has 0 radical (unpaired) electrons. The van der Waals surface area contributed by atoms with Gasteiger partial charge in [-0.25, -0.2) is 4.79 Å². The number of nitrogens with one attached hydrogen (secondary N) is 1. The molecule has 204 valence electrons. The second-order valence-corrected chi connectivity index (χ2v) is 10.9. The van der Waals surface area contributed by atoms with Crippen LogP contribution in [0.2, 0.25) is 0 Å². The molecule has 37 heavy (non-hydrogen) atoms. The highest BCUT2D eigenvalue weighted by molar-refractivity contribution is 7.88. The zero-order valence-corrected chi connectivity index (χ0v) is 20.7. The molecular formula is C23H24F6N2O5S. The Bertz CT molecular complexity index is 1240. The summed E-state index contributed by atoms with van der Waals surface area (Å²) in [5.74, 6) is -1.07.